The van der Waals surface area contributed by atoms with Gasteiger partial charge in [0, 0.05) is 18.8 Å². The van der Waals surface area contributed by atoms with E-state index in [0.29, 0.717) is 6.04 Å². The topological polar surface area (TPSA) is 25.4 Å². The zero-order valence-corrected chi connectivity index (χ0v) is 12.9. The van der Waals surface area contributed by atoms with Crippen LogP contribution in [-0.4, -0.2) is 30.6 Å². The van der Waals surface area contributed by atoms with Crippen molar-refractivity contribution in [2.24, 2.45) is 0 Å². The molecule has 1 atom stereocenters. The summed E-state index contributed by atoms with van der Waals surface area (Å²) < 4.78 is 5.15. The first-order chi connectivity index (χ1) is 10.2. The molecule has 0 amide bonds. The van der Waals surface area contributed by atoms with Crippen LogP contribution in [0.2, 0.25) is 0 Å². The van der Waals surface area contributed by atoms with Crippen molar-refractivity contribution in [1.82, 2.24) is 9.88 Å². The lowest BCUT2D eigenvalue weighted by atomic mass is 10.1. The van der Waals surface area contributed by atoms with Crippen molar-refractivity contribution in [1.29, 1.82) is 0 Å². The van der Waals surface area contributed by atoms with Crippen LogP contribution >= 0.6 is 0 Å². The van der Waals surface area contributed by atoms with Crippen LogP contribution in [-0.2, 0) is 0 Å². The molecule has 3 heteroatoms. The first kappa shape index (κ1) is 15.3. The van der Waals surface area contributed by atoms with Crippen LogP contribution in [0.3, 0.4) is 0 Å². The largest absolute Gasteiger partial charge is 0.497 e. The molecule has 0 bridgehead atoms. The van der Waals surface area contributed by atoms with Gasteiger partial charge in [-0.15, -0.1) is 0 Å². The lowest BCUT2D eigenvalue weighted by Crippen LogP contribution is -2.23. The van der Waals surface area contributed by atoms with Gasteiger partial charge in [-0.1, -0.05) is 30.4 Å². The first-order valence-corrected chi connectivity index (χ1v) is 7.12. The highest BCUT2D eigenvalue weighted by molar-refractivity contribution is 5.50. The Labute approximate surface area is 126 Å². The van der Waals surface area contributed by atoms with Gasteiger partial charge < -0.3 is 4.74 Å². The predicted molar refractivity (Wildman–Crippen MR) is 87.3 cm³/mol. The van der Waals surface area contributed by atoms with Crippen LogP contribution in [0.1, 0.15) is 24.2 Å². The average Bonchev–Trinajstić information content (AvgIpc) is 2.55. The standard InChI is InChI=1S/C18H22N2O/c1-15(18-8-4-5-13-19-18)20(2)14-6-7-16-9-11-17(21-3)12-10-16/h4-13,15H,14H2,1-3H3/b7-6+. The van der Waals surface area contributed by atoms with Crippen LogP contribution in [0.4, 0.5) is 0 Å². The Bertz CT molecular complexity index is 564. The Kier molecular flexibility index (Phi) is 5.52. The highest BCUT2D eigenvalue weighted by Crippen LogP contribution is 2.16. The van der Waals surface area contributed by atoms with Gasteiger partial charge in [0.15, 0.2) is 0 Å². The molecule has 2 aromatic rings. The third kappa shape index (κ3) is 4.43. The van der Waals surface area contributed by atoms with E-state index in [2.05, 4.69) is 54.2 Å². The number of pyridine rings is 1. The molecule has 21 heavy (non-hydrogen) atoms. The number of rotatable bonds is 6. The van der Waals surface area contributed by atoms with Gasteiger partial charge in [0.05, 0.1) is 12.8 Å². The zero-order valence-electron chi connectivity index (χ0n) is 12.9. The molecule has 0 saturated heterocycles. The van der Waals surface area contributed by atoms with Crippen LogP contribution in [0.15, 0.2) is 54.7 Å². The van der Waals surface area contributed by atoms with Crippen molar-refractivity contribution in [3.63, 3.8) is 0 Å². The second kappa shape index (κ2) is 7.60. The molecule has 0 fully saturated rings. The van der Waals surface area contributed by atoms with E-state index in [1.807, 2.05) is 30.5 Å². The lowest BCUT2D eigenvalue weighted by Gasteiger charge is -2.22. The van der Waals surface area contributed by atoms with Crippen molar-refractivity contribution in [2.45, 2.75) is 13.0 Å². The number of likely N-dealkylation sites (N-methyl/N-ethyl adjacent to an activating group) is 1. The van der Waals surface area contributed by atoms with Gasteiger partial charge in [0.1, 0.15) is 5.75 Å². The Balaban J connectivity index is 1.90. The molecule has 3 nitrogen and oxygen atoms in total. The van der Waals surface area contributed by atoms with E-state index in [1.165, 1.54) is 5.56 Å². The molecule has 0 radical (unpaired) electrons. The third-order valence-electron chi connectivity index (χ3n) is 3.60. The minimum Gasteiger partial charge on any atom is -0.497 e. The molecule has 1 aromatic carbocycles. The van der Waals surface area contributed by atoms with Crippen molar-refractivity contribution < 1.29 is 4.74 Å². The fourth-order valence-corrected chi connectivity index (χ4v) is 2.08. The molecule has 1 unspecified atom stereocenters. The summed E-state index contributed by atoms with van der Waals surface area (Å²) in [7, 11) is 3.79. The SMILES string of the molecule is COc1ccc(/C=C/CN(C)C(C)c2ccccn2)cc1. The molecule has 0 N–H and O–H groups in total. The zero-order chi connectivity index (χ0) is 15.1. The number of aromatic nitrogens is 1. The van der Waals surface area contributed by atoms with Crippen molar-refractivity contribution in [3.8, 4) is 5.75 Å². The molecule has 0 aliphatic rings. The number of benzene rings is 1. The van der Waals surface area contributed by atoms with Gasteiger partial charge in [-0.3, -0.25) is 9.88 Å². The summed E-state index contributed by atoms with van der Waals surface area (Å²) in [4.78, 5) is 6.67. The maximum Gasteiger partial charge on any atom is 0.118 e. The monoisotopic (exact) mass is 282 g/mol. The number of ether oxygens (including phenoxy) is 1. The van der Waals surface area contributed by atoms with Gasteiger partial charge >= 0.3 is 0 Å². The second-order valence-corrected chi connectivity index (χ2v) is 5.05. The molecule has 110 valence electrons. The molecule has 0 aliphatic heterocycles. The van der Waals surface area contributed by atoms with Gasteiger partial charge in [-0.05, 0) is 43.8 Å². The van der Waals surface area contributed by atoms with E-state index in [4.69, 9.17) is 4.74 Å². The average molecular weight is 282 g/mol. The normalized spacial score (nSPS) is 12.8. The highest BCUT2D eigenvalue weighted by Gasteiger charge is 2.10. The van der Waals surface area contributed by atoms with Gasteiger partial charge in [-0.2, -0.15) is 0 Å². The number of nitrogens with zero attached hydrogens (tertiary/aromatic N) is 2. The van der Waals surface area contributed by atoms with Crippen molar-refractivity contribution in [2.75, 3.05) is 20.7 Å². The third-order valence-corrected chi connectivity index (χ3v) is 3.60. The van der Waals surface area contributed by atoms with Crippen LogP contribution in [0, 0.1) is 0 Å². The van der Waals surface area contributed by atoms with Gasteiger partial charge in [0.2, 0.25) is 0 Å². The second-order valence-electron chi connectivity index (χ2n) is 5.05. The molecule has 2 rings (SSSR count). The summed E-state index contributed by atoms with van der Waals surface area (Å²) in [5.41, 5.74) is 2.27. The quantitative estimate of drug-likeness (QED) is 0.806. The summed E-state index contributed by atoms with van der Waals surface area (Å²) in [6.45, 7) is 3.05. The number of hydrogen-bond acceptors (Lipinski definition) is 3. The van der Waals surface area contributed by atoms with Crippen LogP contribution in [0.5, 0.6) is 5.75 Å². The molecule has 0 aliphatic carbocycles. The summed E-state index contributed by atoms with van der Waals surface area (Å²) in [6, 6.07) is 14.4. The molecule has 1 heterocycles. The summed E-state index contributed by atoms with van der Waals surface area (Å²) >= 11 is 0. The Morgan fingerprint density at radius 2 is 1.95 bits per heavy atom. The summed E-state index contributed by atoms with van der Waals surface area (Å²) in [5.74, 6) is 0.882. The first-order valence-electron chi connectivity index (χ1n) is 7.12. The van der Waals surface area contributed by atoms with Crippen LogP contribution in [0.25, 0.3) is 6.08 Å². The smallest absolute Gasteiger partial charge is 0.118 e. The van der Waals surface area contributed by atoms with Crippen LogP contribution < -0.4 is 4.74 Å². The van der Waals surface area contributed by atoms with Gasteiger partial charge in [-0.25, -0.2) is 0 Å². The fraction of sp³-hybridized carbons (Fsp3) is 0.278. The number of hydrogen-bond donors (Lipinski definition) is 0. The molecular weight excluding hydrogens is 260 g/mol. The van der Waals surface area contributed by atoms with E-state index in [1.54, 1.807) is 7.11 Å². The minimum absolute atomic E-state index is 0.298. The molecule has 0 saturated carbocycles. The van der Waals surface area contributed by atoms with E-state index >= 15 is 0 Å². The Morgan fingerprint density at radius 3 is 2.57 bits per heavy atom. The highest BCUT2D eigenvalue weighted by atomic mass is 16.5. The van der Waals surface area contributed by atoms with Crippen molar-refractivity contribution >= 4 is 6.08 Å². The maximum absolute atomic E-state index is 5.15. The summed E-state index contributed by atoms with van der Waals surface area (Å²) in [6.07, 6.45) is 6.13. The predicted octanol–water partition coefficient (Wildman–Crippen LogP) is 3.80. The summed E-state index contributed by atoms with van der Waals surface area (Å²) in [5, 5.41) is 0. The molecular formula is C18H22N2O. The van der Waals surface area contributed by atoms with E-state index in [0.717, 1.165) is 18.0 Å². The van der Waals surface area contributed by atoms with Gasteiger partial charge in [0.25, 0.3) is 0 Å². The number of methoxy groups -OCH3 is 1. The van der Waals surface area contributed by atoms with E-state index in [9.17, 15) is 0 Å². The maximum atomic E-state index is 5.15. The lowest BCUT2D eigenvalue weighted by molar-refractivity contribution is 0.285. The van der Waals surface area contributed by atoms with Crippen molar-refractivity contribution in [3.05, 3.63) is 66.0 Å². The van der Waals surface area contributed by atoms with E-state index < -0.39 is 0 Å². The fourth-order valence-electron chi connectivity index (χ4n) is 2.08. The molecule has 0 spiro atoms. The van der Waals surface area contributed by atoms with E-state index in [-0.39, 0.29) is 0 Å². The Hall–Kier alpha value is -2.13. The Morgan fingerprint density at radius 1 is 1.19 bits per heavy atom. The minimum atomic E-state index is 0.298. The molecule has 1 aromatic heterocycles.